The lowest BCUT2D eigenvalue weighted by atomic mass is 10.1. The van der Waals surface area contributed by atoms with Gasteiger partial charge in [-0.2, -0.15) is 0 Å². The minimum Gasteiger partial charge on any atom is -0.465 e. The molecule has 0 saturated heterocycles. The molecule has 3 aromatic rings. The van der Waals surface area contributed by atoms with Crippen LogP contribution in [0.5, 0.6) is 0 Å². The number of carbonyl (C=O) groups excluding carboxylic acids is 2. The molecule has 1 heterocycles. The maximum Gasteiger partial charge on any atom is 0.422 e. The summed E-state index contributed by atoms with van der Waals surface area (Å²) < 4.78 is 55.1. The second-order valence-electron chi connectivity index (χ2n) is 7.35. The molecular formula is C22H20BrF2N2O8P. The van der Waals surface area contributed by atoms with Gasteiger partial charge < -0.3 is 9.47 Å². The highest BCUT2D eigenvalue weighted by Gasteiger charge is 2.29. The van der Waals surface area contributed by atoms with Crippen molar-refractivity contribution in [2.24, 2.45) is 0 Å². The van der Waals surface area contributed by atoms with Gasteiger partial charge in [0.05, 0.1) is 37.7 Å². The molecule has 3 rings (SSSR count). The van der Waals surface area contributed by atoms with E-state index in [1.165, 1.54) is 36.1 Å². The van der Waals surface area contributed by atoms with Gasteiger partial charge >= 0.3 is 25.3 Å². The number of hydrogen-bond acceptors (Lipinski definition) is 8. The molecule has 0 unspecified atom stereocenters. The maximum absolute atomic E-state index is 13.1. The van der Waals surface area contributed by atoms with Gasteiger partial charge in [-0.1, -0.05) is 40.2 Å². The van der Waals surface area contributed by atoms with Crippen LogP contribution in [-0.2, 0) is 36.2 Å². The normalized spacial score (nSPS) is 11.4. The first kappa shape index (κ1) is 27.5. The minimum atomic E-state index is -4.60. The van der Waals surface area contributed by atoms with Crippen molar-refractivity contribution in [2.45, 2.75) is 19.6 Å². The van der Waals surface area contributed by atoms with Crippen molar-refractivity contribution < 1.29 is 42.1 Å². The number of aromatic nitrogens is 2. The molecule has 192 valence electrons. The SMILES string of the molecule is CCOC(=O)n1cc(-c2ccc(C(=O)OC)cc2)n(Cc2ccc(CP(=O)(OF)OF)c(Br)c2)c1=O. The Kier molecular flexibility index (Phi) is 8.96. The fourth-order valence-electron chi connectivity index (χ4n) is 3.35. The Balaban J connectivity index is 2.02. The van der Waals surface area contributed by atoms with Crippen LogP contribution in [0.15, 0.2) is 57.9 Å². The first-order chi connectivity index (χ1) is 17.2. The van der Waals surface area contributed by atoms with Crippen LogP contribution in [0.4, 0.5) is 13.8 Å². The van der Waals surface area contributed by atoms with Crippen LogP contribution in [0.3, 0.4) is 0 Å². The molecule has 0 radical (unpaired) electrons. The Labute approximate surface area is 211 Å². The van der Waals surface area contributed by atoms with E-state index in [2.05, 4.69) is 25.4 Å². The molecule has 0 fully saturated rings. The van der Waals surface area contributed by atoms with E-state index in [1.54, 1.807) is 31.2 Å². The molecule has 1 aromatic heterocycles. The van der Waals surface area contributed by atoms with Crippen molar-refractivity contribution >= 4 is 35.6 Å². The summed E-state index contributed by atoms with van der Waals surface area (Å²) in [5.74, 6) is -0.533. The molecule has 2 aromatic carbocycles. The van der Waals surface area contributed by atoms with Crippen LogP contribution in [0, 0.1) is 0 Å². The number of rotatable bonds is 9. The number of ether oxygens (including phenoxy) is 2. The predicted molar refractivity (Wildman–Crippen MR) is 127 cm³/mol. The summed E-state index contributed by atoms with van der Waals surface area (Å²) in [6.45, 7) is 1.64. The number of halogens is 3. The average Bonchev–Trinajstić information content (AvgIpc) is 3.21. The molecule has 10 nitrogen and oxygen atoms in total. The smallest absolute Gasteiger partial charge is 0.422 e. The van der Waals surface area contributed by atoms with Gasteiger partial charge in [-0.05, 0) is 50.9 Å². The number of nitrogens with zero attached hydrogens (tertiary/aromatic N) is 2. The minimum absolute atomic E-state index is 0.0188. The zero-order valence-electron chi connectivity index (χ0n) is 19.0. The Morgan fingerprint density at radius 2 is 1.75 bits per heavy atom. The van der Waals surface area contributed by atoms with Gasteiger partial charge in [-0.25, -0.2) is 19.0 Å². The Morgan fingerprint density at radius 1 is 1.08 bits per heavy atom. The van der Waals surface area contributed by atoms with Gasteiger partial charge in [0.15, 0.2) is 0 Å². The predicted octanol–water partition coefficient (Wildman–Crippen LogP) is 5.41. The fourth-order valence-corrected chi connectivity index (χ4v) is 4.95. The summed E-state index contributed by atoms with van der Waals surface area (Å²) >= 11 is 3.24. The maximum atomic E-state index is 13.1. The number of hydrogen-bond donors (Lipinski definition) is 0. The number of methoxy groups -OCH3 is 1. The van der Waals surface area contributed by atoms with Crippen molar-refractivity contribution in [2.75, 3.05) is 13.7 Å². The summed E-state index contributed by atoms with van der Waals surface area (Å²) in [6, 6.07) is 10.7. The van der Waals surface area contributed by atoms with E-state index in [0.29, 0.717) is 26.9 Å². The van der Waals surface area contributed by atoms with Crippen LogP contribution >= 0.6 is 23.5 Å². The van der Waals surface area contributed by atoms with Crippen molar-refractivity contribution in [1.29, 1.82) is 0 Å². The van der Waals surface area contributed by atoms with Gasteiger partial charge in [-0.3, -0.25) is 9.13 Å². The van der Waals surface area contributed by atoms with Crippen molar-refractivity contribution in [3.05, 3.63) is 80.3 Å². The fraction of sp³-hybridized carbons (Fsp3) is 0.227. The first-order valence-electron chi connectivity index (χ1n) is 10.3. The van der Waals surface area contributed by atoms with Crippen LogP contribution in [-0.4, -0.2) is 34.9 Å². The summed E-state index contributed by atoms with van der Waals surface area (Å²) in [7, 11) is -3.35. The largest absolute Gasteiger partial charge is 0.465 e. The Bertz CT molecular complexity index is 1370. The van der Waals surface area contributed by atoms with E-state index in [4.69, 9.17) is 9.47 Å². The van der Waals surface area contributed by atoms with E-state index < -0.39 is 31.5 Å². The monoisotopic (exact) mass is 588 g/mol. The number of carbonyl (C=O) groups is 2. The molecule has 36 heavy (non-hydrogen) atoms. The van der Waals surface area contributed by atoms with Crippen molar-refractivity contribution in [1.82, 2.24) is 9.13 Å². The molecule has 0 aliphatic carbocycles. The van der Waals surface area contributed by atoms with Crippen LogP contribution in [0.1, 0.15) is 28.4 Å². The third-order valence-electron chi connectivity index (χ3n) is 5.08. The molecule has 0 saturated carbocycles. The zero-order valence-corrected chi connectivity index (χ0v) is 21.5. The third-order valence-corrected chi connectivity index (χ3v) is 6.96. The Hall–Kier alpha value is -3.12. The van der Waals surface area contributed by atoms with Gasteiger partial charge in [0, 0.05) is 10.7 Å². The molecule has 0 aliphatic heterocycles. The molecule has 0 aliphatic rings. The van der Waals surface area contributed by atoms with Gasteiger partial charge in [-0.15, -0.1) is 9.46 Å². The second-order valence-corrected chi connectivity index (χ2v) is 10.0. The molecule has 0 spiro atoms. The first-order valence-corrected chi connectivity index (χ1v) is 12.8. The molecule has 0 atom stereocenters. The van der Waals surface area contributed by atoms with Gasteiger partial charge in [0.25, 0.3) is 0 Å². The third kappa shape index (κ3) is 5.98. The summed E-state index contributed by atoms with van der Waals surface area (Å²) in [5.41, 5.74) is 1.28. The summed E-state index contributed by atoms with van der Waals surface area (Å²) in [4.78, 5) is 37.2. The quantitative estimate of drug-likeness (QED) is 0.240. The van der Waals surface area contributed by atoms with E-state index in [9.17, 15) is 28.0 Å². The lowest BCUT2D eigenvalue weighted by Crippen LogP contribution is -2.30. The number of benzene rings is 2. The highest BCUT2D eigenvalue weighted by atomic mass is 79.9. The molecule has 0 N–H and O–H groups in total. The molecule has 0 amide bonds. The van der Waals surface area contributed by atoms with Crippen molar-refractivity contribution in [3.8, 4) is 11.3 Å². The van der Waals surface area contributed by atoms with Crippen molar-refractivity contribution in [3.63, 3.8) is 0 Å². The topological polar surface area (TPSA) is 115 Å². The van der Waals surface area contributed by atoms with Gasteiger partial charge in [0.2, 0.25) is 0 Å². The summed E-state index contributed by atoms with van der Waals surface area (Å²) in [6.07, 6.45) is -0.222. The molecular weight excluding hydrogens is 569 g/mol. The average molecular weight is 589 g/mol. The van der Waals surface area contributed by atoms with E-state index in [1.807, 2.05) is 0 Å². The second kappa shape index (κ2) is 11.7. The van der Waals surface area contributed by atoms with Crippen LogP contribution < -0.4 is 5.69 Å². The highest BCUT2D eigenvalue weighted by Crippen LogP contribution is 2.53. The highest BCUT2D eigenvalue weighted by molar-refractivity contribution is 9.10. The number of esters is 1. The standard InChI is InChI=1S/C22H20BrF2N2O8P/c1-3-33-22(30)27-12-19(15-6-8-16(9-7-15)20(28)32-2)26(21(27)29)11-14-4-5-17(18(23)10-14)13-36(31,34-24)35-25/h4-10,12H,3,11,13H2,1-2H3. The lowest BCUT2D eigenvalue weighted by Gasteiger charge is -2.12. The summed E-state index contributed by atoms with van der Waals surface area (Å²) in [5, 5.41) is 0. The van der Waals surface area contributed by atoms with Crippen LogP contribution in [0.2, 0.25) is 0 Å². The van der Waals surface area contributed by atoms with E-state index in [0.717, 1.165) is 4.57 Å². The molecule has 14 heteroatoms. The van der Waals surface area contributed by atoms with Gasteiger partial charge in [0.1, 0.15) is 0 Å². The lowest BCUT2D eigenvalue weighted by molar-refractivity contribution is -0.0881. The molecule has 0 bridgehead atoms. The van der Waals surface area contributed by atoms with E-state index >= 15 is 0 Å². The Morgan fingerprint density at radius 3 is 2.31 bits per heavy atom. The number of imidazole rings is 1. The zero-order chi connectivity index (χ0) is 26.5. The van der Waals surface area contributed by atoms with E-state index in [-0.39, 0.29) is 18.7 Å². The van der Waals surface area contributed by atoms with Crippen LogP contribution in [0.25, 0.3) is 11.3 Å².